The van der Waals surface area contributed by atoms with E-state index in [4.69, 9.17) is 4.74 Å². The van der Waals surface area contributed by atoms with Gasteiger partial charge in [-0.1, -0.05) is 74.9 Å². The molecule has 14 heteroatoms. The van der Waals surface area contributed by atoms with Crippen LogP contribution in [0.1, 0.15) is 60.2 Å². The fraction of sp³-hybridized carbons (Fsp3) is 0.432. The average molecular weight is 698 g/mol. The number of hydrogen-bond donors (Lipinski definition) is 4. The van der Waals surface area contributed by atoms with Crippen molar-refractivity contribution in [3.8, 4) is 5.75 Å². The average Bonchev–Trinajstić information content (AvgIpc) is 3.78. The fourth-order valence-corrected chi connectivity index (χ4v) is 5.86. The summed E-state index contributed by atoms with van der Waals surface area (Å²) >= 11 is 0. The Balaban J connectivity index is 1.39. The zero-order valence-corrected chi connectivity index (χ0v) is 29.4. The van der Waals surface area contributed by atoms with Gasteiger partial charge in [-0.3, -0.25) is 24.3 Å². The number of aromatic nitrogens is 5. The Hall–Kier alpha value is -5.53. The van der Waals surface area contributed by atoms with Gasteiger partial charge in [-0.05, 0) is 41.7 Å². The van der Waals surface area contributed by atoms with Crippen molar-refractivity contribution in [1.82, 2.24) is 46.0 Å². The molecule has 51 heavy (non-hydrogen) atoms. The monoisotopic (exact) mass is 697 g/mol. The summed E-state index contributed by atoms with van der Waals surface area (Å²) in [5.41, 5.74) is 3.45. The molecule has 14 nitrogen and oxygen atoms in total. The molecular formula is C37H47N9O5. The number of carbonyl (C=O) groups excluding carboxylic acids is 4. The number of rotatable bonds is 6. The van der Waals surface area contributed by atoms with Crippen LogP contribution in [0.15, 0.2) is 66.9 Å². The highest BCUT2D eigenvalue weighted by molar-refractivity contribution is 5.93. The van der Waals surface area contributed by atoms with Crippen molar-refractivity contribution in [2.75, 3.05) is 26.2 Å². The molecule has 2 aromatic carbocycles. The number of amides is 4. The molecule has 1 aliphatic rings. The van der Waals surface area contributed by atoms with Crippen LogP contribution >= 0.6 is 0 Å². The lowest BCUT2D eigenvalue weighted by atomic mass is 10.0. The second-order valence-electron chi connectivity index (χ2n) is 13.0. The minimum absolute atomic E-state index is 0.0431. The highest BCUT2D eigenvalue weighted by atomic mass is 16.5. The Kier molecular flexibility index (Phi) is 12.9. The summed E-state index contributed by atoms with van der Waals surface area (Å²) in [6.45, 7) is 7.13. The number of carbonyl (C=O) groups is 4. The number of ether oxygens (including phenoxy) is 1. The minimum atomic E-state index is -0.935. The molecule has 0 spiro atoms. The van der Waals surface area contributed by atoms with Crippen LogP contribution in [-0.4, -0.2) is 92.0 Å². The van der Waals surface area contributed by atoms with E-state index in [1.54, 1.807) is 21.7 Å². The standard InChI is InChI=1S/C37H47N9O5/c1-4-9-28-23-32(43-41-28)37(50)45-16-14-29-24-46(44-42-29)18-19-51-30-13-8-12-27(20-30)22-33(47)40-34(25(2)3)36(49)39-31(35(48)38-15-17-45)21-26-10-6-5-7-11-26/h5-8,10-13,20,23-25,31,34H,4,9,14-19,21-22H2,1-3H3,(H,38,48)(H,39,49)(H,40,47)(H,41,43)/t31-,34+/m0/s1. The second-order valence-corrected chi connectivity index (χ2v) is 13.0. The number of nitrogens with one attached hydrogen (secondary N) is 4. The van der Waals surface area contributed by atoms with Gasteiger partial charge >= 0.3 is 0 Å². The molecule has 4 amide bonds. The van der Waals surface area contributed by atoms with E-state index in [0.29, 0.717) is 43.3 Å². The Morgan fingerprint density at radius 3 is 2.59 bits per heavy atom. The number of aromatic amines is 1. The third-order valence-corrected chi connectivity index (χ3v) is 8.59. The van der Waals surface area contributed by atoms with E-state index in [-0.39, 0.29) is 43.7 Å². The maximum Gasteiger partial charge on any atom is 0.274 e. The van der Waals surface area contributed by atoms with Crippen molar-refractivity contribution in [3.63, 3.8) is 0 Å². The Morgan fingerprint density at radius 1 is 0.980 bits per heavy atom. The molecule has 0 aliphatic carbocycles. The van der Waals surface area contributed by atoms with Gasteiger partial charge < -0.3 is 25.6 Å². The Morgan fingerprint density at radius 2 is 1.80 bits per heavy atom. The number of fused-ring (bicyclic) bond motifs is 4. The zero-order valence-electron chi connectivity index (χ0n) is 29.4. The van der Waals surface area contributed by atoms with E-state index in [0.717, 1.165) is 29.7 Å². The summed E-state index contributed by atoms with van der Waals surface area (Å²) in [5, 5.41) is 24.4. The maximum absolute atomic E-state index is 13.7. The van der Waals surface area contributed by atoms with Crippen molar-refractivity contribution in [3.05, 3.63) is 95.1 Å². The van der Waals surface area contributed by atoms with Gasteiger partial charge in [-0.15, -0.1) is 5.10 Å². The first-order chi connectivity index (χ1) is 24.7. The third-order valence-electron chi connectivity index (χ3n) is 8.59. The molecule has 4 bridgehead atoms. The summed E-state index contributed by atoms with van der Waals surface area (Å²) in [7, 11) is 0. The Bertz CT molecular complexity index is 1770. The van der Waals surface area contributed by atoms with Crippen LogP contribution in [0.2, 0.25) is 0 Å². The minimum Gasteiger partial charge on any atom is -0.492 e. The van der Waals surface area contributed by atoms with Gasteiger partial charge in [0.1, 0.15) is 30.1 Å². The Labute approximate surface area is 297 Å². The molecule has 4 N–H and O–H groups in total. The van der Waals surface area contributed by atoms with E-state index in [1.807, 2.05) is 68.6 Å². The van der Waals surface area contributed by atoms with Crippen molar-refractivity contribution >= 4 is 23.6 Å². The van der Waals surface area contributed by atoms with Gasteiger partial charge in [-0.25, -0.2) is 4.68 Å². The lowest BCUT2D eigenvalue weighted by Gasteiger charge is -2.26. The first-order valence-electron chi connectivity index (χ1n) is 17.5. The molecule has 3 heterocycles. The smallest absolute Gasteiger partial charge is 0.274 e. The number of aryl methyl sites for hydroxylation is 1. The molecule has 270 valence electrons. The predicted octanol–water partition coefficient (Wildman–Crippen LogP) is 2.26. The van der Waals surface area contributed by atoms with Gasteiger partial charge in [0.15, 0.2) is 0 Å². The zero-order chi connectivity index (χ0) is 36.2. The summed E-state index contributed by atoms with van der Waals surface area (Å²) in [6, 6.07) is 16.6. The molecule has 1 aliphatic heterocycles. The van der Waals surface area contributed by atoms with Crippen LogP contribution in [0.4, 0.5) is 0 Å². The normalized spacial score (nSPS) is 18.4. The molecule has 2 aromatic heterocycles. The quantitative estimate of drug-likeness (QED) is 0.237. The molecule has 0 radical (unpaired) electrons. The maximum atomic E-state index is 13.7. The highest BCUT2D eigenvalue weighted by Gasteiger charge is 2.29. The summed E-state index contributed by atoms with van der Waals surface area (Å²) < 4.78 is 7.64. The molecule has 0 unspecified atom stereocenters. The lowest BCUT2D eigenvalue weighted by Crippen LogP contribution is -2.56. The molecular weight excluding hydrogens is 650 g/mol. The molecule has 2 atom stereocenters. The molecule has 0 saturated heterocycles. The van der Waals surface area contributed by atoms with E-state index in [9.17, 15) is 19.2 Å². The van der Waals surface area contributed by atoms with E-state index >= 15 is 0 Å². The van der Waals surface area contributed by atoms with E-state index < -0.39 is 23.9 Å². The van der Waals surface area contributed by atoms with Crippen molar-refractivity contribution in [1.29, 1.82) is 0 Å². The van der Waals surface area contributed by atoms with Crippen LogP contribution in [-0.2, 0) is 46.6 Å². The third kappa shape index (κ3) is 10.7. The van der Waals surface area contributed by atoms with Gasteiger partial charge in [0.05, 0.1) is 18.7 Å². The van der Waals surface area contributed by atoms with Crippen molar-refractivity contribution in [2.24, 2.45) is 5.92 Å². The van der Waals surface area contributed by atoms with Crippen LogP contribution in [0.25, 0.3) is 0 Å². The van der Waals surface area contributed by atoms with E-state index in [2.05, 4.69) is 43.4 Å². The number of hydrogen-bond acceptors (Lipinski definition) is 8. The largest absolute Gasteiger partial charge is 0.492 e. The first kappa shape index (κ1) is 36.7. The van der Waals surface area contributed by atoms with Gasteiger partial charge in [0.2, 0.25) is 17.7 Å². The topological polar surface area (TPSA) is 176 Å². The van der Waals surface area contributed by atoms with Gasteiger partial charge in [-0.2, -0.15) is 5.10 Å². The van der Waals surface area contributed by atoms with Crippen LogP contribution in [0.3, 0.4) is 0 Å². The van der Waals surface area contributed by atoms with Crippen LogP contribution < -0.4 is 20.7 Å². The van der Waals surface area contributed by atoms with Crippen LogP contribution in [0, 0.1) is 5.92 Å². The SMILES string of the molecule is CCCc1cc(C(=O)N2CCNC(=O)[C@H](Cc3ccccc3)NC(=O)[C@@H](C(C)C)NC(=O)Cc3cccc(c3)OCCn3cc(nn3)CC2)n[nH]1. The number of nitrogens with zero attached hydrogens (tertiary/aromatic N) is 5. The summed E-state index contributed by atoms with van der Waals surface area (Å²) in [6.07, 6.45) is 4.20. The van der Waals surface area contributed by atoms with Crippen molar-refractivity contribution in [2.45, 2.75) is 71.5 Å². The lowest BCUT2D eigenvalue weighted by molar-refractivity contribution is -0.132. The number of benzene rings is 2. The first-order valence-corrected chi connectivity index (χ1v) is 17.5. The highest BCUT2D eigenvalue weighted by Crippen LogP contribution is 2.15. The van der Waals surface area contributed by atoms with E-state index in [1.165, 1.54) is 0 Å². The molecule has 0 saturated carbocycles. The molecule has 0 fully saturated rings. The summed E-state index contributed by atoms with van der Waals surface area (Å²) in [4.78, 5) is 55.9. The van der Waals surface area contributed by atoms with Crippen LogP contribution in [0.5, 0.6) is 5.75 Å². The summed E-state index contributed by atoms with van der Waals surface area (Å²) in [5.74, 6) is -1.13. The number of H-pyrrole nitrogens is 1. The molecule has 4 aromatic rings. The molecule has 5 rings (SSSR count). The van der Waals surface area contributed by atoms with Crippen molar-refractivity contribution < 1.29 is 23.9 Å². The second kappa shape index (κ2) is 17.9. The predicted molar refractivity (Wildman–Crippen MR) is 190 cm³/mol. The fourth-order valence-electron chi connectivity index (χ4n) is 5.86. The van der Waals surface area contributed by atoms with Gasteiger partial charge in [0, 0.05) is 44.4 Å². The van der Waals surface area contributed by atoms with Gasteiger partial charge in [0.25, 0.3) is 5.91 Å².